The summed E-state index contributed by atoms with van der Waals surface area (Å²) in [6, 6.07) is 0. The van der Waals surface area contributed by atoms with Gasteiger partial charge in [0.1, 0.15) is 0 Å². The minimum absolute atomic E-state index is 0.324. The van der Waals surface area contributed by atoms with E-state index < -0.39 is 0 Å². The van der Waals surface area contributed by atoms with Crippen molar-refractivity contribution in [2.75, 3.05) is 0 Å². The van der Waals surface area contributed by atoms with Gasteiger partial charge < -0.3 is 0 Å². The molecule has 1 fully saturated rings. The Morgan fingerprint density at radius 3 is 3.20 bits per heavy atom. The first kappa shape index (κ1) is 6.14. The molecule has 1 saturated carbocycles. The van der Waals surface area contributed by atoms with Gasteiger partial charge in [0.2, 0.25) is 0 Å². The molecule has 2 aliphatic carbocycles. The van der Waals surface area contributed by atoms with Gasteiger partial charge in [-0.25, -0.2) is 0 Å². The molecule has 2 atom stereocenters. The van der Waals surface area contributed by atoms with Crippen LogP contribution in [0.1, 0.15) is 25.7 Å². The predicted molar refractivity (Wildman–Crippen MR) is 39.6 cm³/mol. The summed E-state index contributed by atoms with van der Waals surface area (Å²) >= 11 is 0. The first-order chi connectivity index (χ1) is 4.86. The van der Waals surface area contributed by atoms with Gasteiger partial charge in [0, 0.05) is 6.42 Å². The van der Waals surface area contributed by atoms with Crippen molar-refractivity contribution in [3.8, 4) is 0 Å². The lowest BCUT2D eigenvalue weighted by molar-refractivity contribution is -0.114. The maximum atomic E-state index is 10.9. The first-order valence-corrected chi connectivity index (χ1v) is 4.05. The van der Waals surface area contributed by atoms with Crippen LogP contribution in [0.4, 0.5) is 0 Å². The van der Waals surface area contributed by atoms with Crippen LogP contribution >= 0.6 is 0 Å². The molecule has 2 rings (SSSR count). The van der Waals surface area contributed by atoms with Crippen LogP contribution in [0.2, 0.25) is 0 Å². The third-order valence-corrected chi connectivity index (χ3v) is 2.57. The number of hydrogen-bond donors (Lipinski definition) is 0. The van der Waals surface area contributed by atoms with Crippen molar-refractivity contribution in [1.29, 1.82) is 0 Å². The van der Waals surface area contributed by atoms with Crippen molar-refractivity contribution < 1.29 is 4.79 Å². The first-order valence-electron chi connectivity index (χ1n) is 4.05. The van der Waals surface area contributed by atoms with E-state index in [1.54, 1.807) is 6.08 Å². The molecule has 0 bridgehead atoms. The highest BCUT2D eigenvalue weighted by molar-refractivity contribution is 5.89. The lowest BCUT2D eigenvalue weighted by Gasteiger charge is -1.99. The summed E-state index contributed by atoms with van der Waals surface area (Å²) in [6.45, 7) is 0. The van der Waals surface area contributed by atoms with E-state index in [9.17, 15) is 4.79 Å². The highest BCUT2D eigenvalue weighted by Gasteiger charge is 2.36. The molecule has 0 aromatic heterocycles. The number of rotatable bonds is 0. The van der Waals surface area contributed by atoms with Crippen molar-refractivity contribution in [2.45, 2.75) is 25.7 Å². The molecule has 1 nitrogen and oxygen atoms in total. The number of hydrogen-bond acceptors (Lipinski definition) is 1. The lowest BCUT2D eigenvalue weighted by atomic mass is 10.1. The molecule has 0 N–H and O–H groups in total. The van der Waals surface area contributed by atoms with Gasteiger partial charge in [-0.3, -0.25) is 4.79 Å². The molecule has 0 aromatic carbocycles. The molecule has 0 radical (unpaired) electrons. The molecule has 0 heterocycles. The van der Waals surface area contributed by atoms with E-state index in [0.717, 1.165) is 31.1 Å². The van der Waals surface area contributed by atoms with Crippen LogP contribution in [0.25, 0.3) is 0 Å². The highest BCUT2D eigenvalue weighted by atomic mass is 16.1. The van der Waals surface area contributed by atoms with Crippen LogP contribution in [-0.2, 0) is 4.79 Å². The summed E-state index contributed by atoms with van der Waals surface area (Å²) < 4.78 is 0. The number of ketones is 1. The molecule has 0 saturated heterocycles. The number of allylic oxidation sites excluding steroid dienone is 2. The molecule has 54 valence electrons. The van der Waals surface area contributed by atoms with Crippen molar-refractivity contribution in [3.63, 3.8) is 0 Å². The standard InChI is InChI=1S/C9H12O/c10-9-3-1-2-7-6-8(7)4-5-9/h1,3,7-8H,2,4-6H2/t7-,8+/m1/s1. The van der Waals surface area contributed by atoms with Gasteiger partial charge in [0.15, 0.2) is 5.78 Å². The Hall–Kier alpha value is -0.590. The maximum Gasteiger partial charge on any atom is 0.155 e. The Labute approximate surface area is 61.1 Å². The quantitative estimate of drug-likeness (QED) is 0.497. The molecule has 0 spiro atoms. The Kier molecular flexibility index (Phi) is 1.37. The third kappa shape index (κ3) is 1.13. The lowest BCUT2D eigenvalue weighted by Crippen LogP contribution is -1.96. The highest BCUT2D eigenvalue weighted by Crippen LogP contribution is 2.45. The number of carbonyl (C=O) groups excluding carboxylic acids is 1. The molecule has 0 aromatic rings. The fraction of sp³-hybridized carbons (Fsp3) is 0.667. The van der Waals surface area contributed by atoms with E-state index in [1.165, 1.54) is 6.42 Å². The van der Waals surface area contributed by atoms with Crippen molar-refractivity contribution in [2.24, 2.45) is 11.8 Å². The van der Waals surface area contributed by atoms with Crippen molar-refractivity contribution in [1.82, 2.24) is 0 Å². The van der Waals surface area contributed by atoms with Gasteiger partial charge >= 0.3 is 0 Å². The normalized spacial score (nSPS) is 38.2. The van der Waals surface area contributed by atoms with Crippen LogP contribution in [-0.4, -0.2) is 5.78 Å². The minimum Gasteiger partial charge on any atom is -0.295 e. The van der Waals surface area contributed by atoms with E-state index in [4.69, 9.17) is 0 Å². The van der Waals surface area contributed by atoms with Crippen LogP contribution in [0.5, 0.6) is 0 Å². The zero-order valence-corrected chi connectivity index (χ0v) is 6.05. The second-order valence-electron chi connectivity index (χ2n) is 3.40. The Morgan fingerprint density at radius 1 is 1.40 bits per heavy atom. The Morgan fingerprint density at radius 2 is 2.30 bits per heavy atom. The van der Waals surface area contributed by atoms with Crippen molar-refractivity contribution >= 4 is 5.78 Å². The zero-order valence-electron chi connectivity index (χ0n) is 6.05. The zero-order chi connectivity index (χ0) is 6.97. The smallest absolute Gasteiger partial charge is 0.155 e. The van der Waals surface area contributed by atoms with Crippen LogP contribution in [0, 0.1) is 11.8 Å². The molecule has 10 heavy (non-hydrogen) atoms. The van der Waals surface area contributed by atoms with Crippen LogP contribution < -0.4 is 0 Å². The molecule has 0 amide bonds. The van der Waals surface area contributed by atoms with E-state index in [0.29, 0.717) is 5.78 Å². The average Bonchev–Trinajstić information content (AvgIpc) is 2.59. The summed E-state index contributed by atoms with van der Waals surface area (Å²) in [6.07, 6.45) is 8.26. The second kappa shape index (κ2) is 2.22. The van der Waals surface area contributed by atoms with E-state index in [-0.39, 0.29) is 0 Å². The monoisotopic (exact) mass is 136 g/mol. The van der Waals surface area contributed by atoms with Crippen molar-refractivity contribution in [3.05, 3.63) is 12.2 Å². The number of fused-ring (bicyclic) bond motifs is 1. The average molecular weight is 136 g/mol. The molecule has 0 unspecified atom stereocenters. The summed E-state index contributed by atoms with van der Waals surface area (Å²) in [4.78, 5) is 10.9. The van der Waals surface area contributed by atoms with Gasteiger partial charge in [0.05, 0.1) is 0 Å². The summed E-state index contributed by atoms with van der Waals surface area (Å²) in [5, 5.41) is 0. The second-order valence-corrected chi connectivity index (χ2v) is 3.40. The fourth-order valence-electron chi connectivity index (χ4n) is 1.74. The van der Waals surface area contributed by atoms with Gasteiger partial charge in [0.25, 0.3) is 0 Å². The predicted octanol–water partition coefficient (Wildman–Crippen LogP) is 1.93. The molecular weight excluding hydrogens is 124 g/mol. The van der Waals surface area contributed by atoms with E-state index in [1.807, 2.05) is 6.08 Å². The van der Waals surface area contributed by atoms with Gasteiger partial charge in [-0.2, -0.15) is 0 Å². The summed E-state index contributed by atoms with van der Waals surface area (Å²) in [5.41, 5.74) is 0. The molecule has 2 aliphatic rings. The number of carbonyl (C=O) groups is 1. The van der Waals surface area contributed by atoms with E-state index in [2.05, 4.69) is 0 Å². The Balaban J connectivity index is 2.02. The summed E-state index contributed by atoms with van der Waals surface area (Å²) in [7, 11) is 0. The minimum atomic E-state index is 0.324. The molecule has 0 aliphatic heterocycles. The third-order valence-electron chi connectivity index (χ3n) is 2.57. The van der Waals surface area contributed by atoms with Crippen LogP contribution in [0.15, 0.2) is 12.2 Å². The fourth-order valence-corrected chi connectivity index (χ4v) is 1.74. The van der Waals surface area contributed by atoms with Gasteiger partial charge in [-0.1, -0.05) is 6.08 Å². The largest absolute Gasteiger partial charge is 0.295 e. The molecular formula is C9H12O. The van der Waals surface area contributed by atoms with Gasteiger partial charge in [-0.15, -0.1) is 0 Å². The van der Waals surface area contributed by atoms with E-state index >= 15 is 0 Å². The van der Waals surface area contributed by atoms with Crippen LogP contribution in [0.3, 0.4) is 0 Å². The SMILES string of the molecule is O=C1C=CC[C@@H]2C[C@@H]2CC1. The Bertz CT molecular complexity index is 181. The molecule has 1 heteroatoms. The van der Waals surface area contributed by atoms with Gasteiger partial charge in [-0.05, 0) is 37.2 Å². The maximum absolute atomic E-state index is 10.9. The summed E-state index contributed by atoms with van der Waals surface area (Å²) in [5.74, 6) is 2.16. The topological polar surface area (TPSA) is 17.1 Å².